The van der Waals surface area contributed by atoms with Gasteiger partial charge in [-0.1, -0.05) is 11.3 Å². The number of halogens is 3. The highest BCUT2D eigenvalue weighted by molar-refractivity contribution is 5.36. The zero-order valence-electron chi connectivity index (χ0n) is 9.39. The summed E-state index contributed by atoms with van der Waals surface area (Å²) in [6.45, 7) is 1.50. The van der Waals surface area contributed by atoms with Gasteiger partial charge in [-0.25, -0.2) is 4.68 Å². The Labute approximate surface area is 101 Å². The lowest BCUT2D eigenvalue weighted by Gasteiger charge is -2.08. The van der Waals surface area contributed by atoms with Crippen LogP contribution in [0.1, 0.15) is 24.3 Å². The molecule has 2 rings (SSSR count). The minimum absolute atomic E-state index is 0.240. The monoisotopic (exact) mass is 257 g/mol. The van der Waals surface area contributed by atoms with E-state index < -0.39 is 17.8 Å². The highest BCUT2D eigenvalue weighted by Crippen LogP contribution is 2.30. The van der Waals surface area contributed by atoms with Crippen molar-refractivity contribution in [3.05, 3.63) is 41.7 Å². The van der Waals surface area contributed by atoms with Crippen LogP contribution in [0.3, 0.4) is 0 Å². The molecule has 7 heteroatoms. The lowest BCUT2D eigenvalue weighted by Crippen LogP contribution is -2.06. The van der Waals surface area contributed by atoms with Crippen LogP contribution < -0.4 is 0 Å². The number of alkyl halides is 3. The highest BCUT2D eigenvalue weighted by atomic mass is 19.4. The average Bonchev–Trinajstić information content (AvgIpc) is 2.77. The molecule has 18 heavy (non-hydrogen) atoms. The Kier molecular flexibility index (Phi) is 3.08. The third-order valence-corrected chi connectivity index (χ3v) is 2.38. The number of benzene rings is 1. The minimum atomic E-state index is -4.40. The molecule has 0 spiro atoms. The fourth-order valence-electron chi connectivity index (χ4n) is 1.42. The minimum Gasteiger partial charge on any atom is -0.387 e. The van der Waals surface area contributed by atoms with Crippen LogP contribution in [-0.2, 0) is 6.18 Å². The van der Waals surface area contributed by atoms with E-state index in [1.807, 2.05) is 0 Å². The number of rotatable bonds is 2. The molecule has 1 aromatic heterocycles. The van der Waals surface area contributed by atoms with Gasteiger partial charge in [0, 0.05) is 0 Å². The molecule has 1 N–H and O–H groups in total. The van der Waals surface area contributed by atoms with Gasteiger partial charge >= 0.3 is 6.18 Å². The zero-order chi connectivity index (χ0) is 13.3. The van der Waals surface area contributed by atoms with E-state index in [0.717, 1.165) is 12.1 Å². The van der Waals surface area contributed by atoms with Gasteiger partial charge in [0.2, 0.25) is 0 Å². The van der Waals surface area contributed by atoms with E-state index in [4.69, 9.17) is 0 Å². The third-order valence-electron chi connectivity index (χ3n) is 2.38. The lowest BCUT2D eigenvalue weighted by molar-refractivity contribution is -0.137. The summed E-state index contributed by atoms with van der Waals surface area (Å²) in [7, 11) is 0. The second-order valence-corrected chi connectivity index (χ2v) is 3.81. The van der Waals surface area contributed by atoms with E-state index >= 15 is 0 Å². The summed E-state index contributed by atoms with van der Waals surface area (Å²) in [6, 6.07) is 4.73. The number of hydrogen-bond donors (Lipinski definition) is 1. The molecule has 0 bridgehead atoms. The molecule has 0 fully saturated rings. The summed E-state index contributed by atoms with van der Waals surface area (Å²) in [6.07, 6.45) is -3.83. The van der Waals surface area contributed by atoms with Gasteiger partial charge in [0.25, 0.3) is 0 Å². The Hall–Kier alpha value is -1.89. The normalized spacial score (nSPS) is 13.6. The molecule has 0 aliphatic heterocycles. The van der Waals surface area contributed by atoms with Crippen LogP contribution in [0, 0.1) is 0 Å². The number of aliphatic hydroxyl groups excluding tert-OH is 1. The maximum atomic E-state index is 12.5. The van der Waals surface area contributed by atoms with Crippen molar-refractivity contribution in [3.63, 3.8) is 0 Å². The van der Waals surface area contributed by atoms with Gasteiger partial charge in [0.15, 0.2) is 0 Å². The molecule has 0 radical (unpaired) electrons. The maximum Gasteiger partial charge on any atom is 0.416 e. The first kappa shape index (κ1) is 12.6. The van der Waals surface area contributed by atoms with Gasteiger partial charge in [-0.15, -0.1) is 5.10 Å². The third kappa shape index (κ3) is 2.51. The van der Waals surface area contributed by atoms with Gasteiger partial charge in [-0.2, -0.15) is 13.2 Å². The van der Waals surface area contributed by atoms with Crippen molar-refractivity contribution in [1.82, 2.24) is 15.0 Å². The number of hydrogen-bond acceptors (Lipinski definition) is 3. The Bertz CT molecular complexity index is 548. The van der Waals surface area contributed by atoms with Gasteiger partial charge in [0.05, 0.1) is 23.6 Å². The van der Waals surface area contributed by atoms with Crippen LogP contribution in [0.4, 0.5) is 13.2 Å². The number of nitrogens with zero attached hydrogens (tertiary/aromatic N) is 3. The SMILES string of the molecule is CC(O)c1cn(-c2cccc(C(F)(F)F)c2)nn1. The largest absolute Gasteiger partial charge is 0.416 e. The zero-order valence-corrected chi connectivity index (χ0v) is 9.39. The van der Waals surface area contributed by atoms with E-state index in [9.17, 15) is 18.3 Å². The van der Waals surface area contributed by atoms with Crippen molar-refractivity contribution in [2.45, 2.75) is 19.2 Å². The molecule has 0 aliphatic rings. The summed E-state index contributed by atoms with van der Waals surface area (Å²) in [4.78, 5) is 0. The molecule has 4 nitrogen and oxygen atoms in total. The molecule has 96 valence electrons. The highest BCUT2D eigenvalue weighted by Gasteiger charge is 2.30. The summed E-state index contributed by atoms with van der Waals surface area (Å²) in [5, 5.41) is 16.6. The van der Waals surface area contributed by atoms with Crippen molar-refractivity contribution in [3.8, 4) is 5.69 Å². The molecular weight excluding hydrogens is 247 g/mol. The van der Waals surface area contributed by atoms with Crippen molar-refractivity contribution in [1.29, 1.82) is 0 Å². The predicted molar refractivity (Wildman–Crippen MR) is 57.0 cm³/mol. The fraction of sp³-hybridized carbons (Fsp3) is 0.273. The summed E-state index contributed by atoms with van der Waals surface area (Å²) in [5.74, 6) is 0. The smallest absolute Gasteiger partial charge is 0.387 e. The van der Waals surface area contributed by atoms with Crippen molar-refractivity contribution < 1.29 is 18.3 Å². The number of aliphatic hydroxyl groups is 1. The van der Waals surface area contributed by atoms with Gasteiger partial charge in [0.1, 0.15) is 5.69 Å². The second kappa shape index (κ2) is 4.41. The molecule has 0 saturated heterocycles. The average molecular weight is 257 g/mol. The van der Waals surface area contributed by atoms with Crippen LogP contribution in [0.15, 0.2) is 30.5 Å². The lowest BCUT2D eigenvalue weighted by atomic mass is 10.2. The van der Waals surface area contributed by atoms with Gasteiger partial charge in [-0.3, -0.25) is 0 Å². The Morgan fingerprint density at radius 1 is 1.33 bits per heavy atom. The first-order chi connectivity index (χ1) is 8.38. The molecule has 2 aromatic rings. The standard InChI is InChI=1S/C11H10F3N3O/c1-7(18)10-6-17(16-15-10)9-4-2-3-8(5-9)11(12,13)14/h2-7,18H,1H3. The Morgan fingerprint density at radius 2 is 2.06 bits per heavy atom. The van der Waals surface area contributed by atoms with Crippen LogP contribution in [0.2, 0.25) is 0 Å². The summed E-state index contributed by atoms with van der Waals surface area (Å²) >= 11 is 0. The van der Waals surface area contributed by atoms with E-state index in [-0.39, 0.29) is 5.69 Å². The molecule has 0 amide bonds. The van der Waals surface area contributed by atoms with Crippen LogP contribution in [-0.4, -0.2) is 20.1 Å². The number of aromatic nitrogens is 3. The molecule has 0 aliphatic carbocycles. The molecule has 1 heterocycles. The van der Waals surface area contributed by atoms with Gasteiger partial charge in [-0.05, 0) is 25.1 Å². The predicted octanol–water partition coefficient (Wildman–Crippen LogP) is 2.34. The summed E-state index contributed by atoms with van der Waals surface area (Å²) < 4.78 is 38.8. The van der Waals surface area contributed by atoms with Crippen LogP contribution >= 0.6 is 0 Å². The molecule has 0 saturated carbocycles. The molecule has 1 aromatic carbocycles. The van der Waals surface area contributed by atoms with E-state index in [0.29, 0.717) is 5.69 Å². The quantitative estimate of drug-likeness (QED) is 0.898. The Morgan fingerprint density at radius 3 is 2.61 bits per heavy atom. The summed E-state index contributed by atoms with van der Waals surface area (Å²) in [5.41, 5.74) is -0.217. The van der Waals surface area contributed by atoms with Crippen LogP contribution in [0.25, 0.3) is 5.69 Å². The topological polar surface area (TPSA) is 50.9 Å². The molecule has 1 atom stereocenters. The van der Waals surface area contributed by atoms with E-state index in [1.165, 1.54) is 29.9 Å². The first-order valence-electron chi connectivity index (χ1n) is 5.16. The van der Waals surface area contributed by atoms with E-state index in [2.05, 4.69) is 10.3 Å². The second-order valence-electron chi connectivity index (χ2n) is 3.81. The van der Waals surface area contributed by atoms with E-state index in [1.54, 1.807) is 0 Å². The Balaban J connectivity index is 2.38. The first-order valence-corrected chi connectivity index (χ1v) is 5.16. The maximum absolute atomic E-state index is 12.5. The molecule has 1 unspecified atom stereocenters. The van der Waals surface area contributed by atoms with Crippen LogP contribution in [0.5, 0.6) is 0 Å². The van der Waals surface area contributed by atoms with Crippen molar-refractivity contribution >= 4 is 0 Å². The molecular formula is C11H10F3N3O. The van der Waals surface area contributed by atoms with Gasteiger partial charge < -0.3 is 5.11 Å². The fourth-order valence-corrected chi connectivity index (χ4v) is 1.42. The van der Waals surface area contributed by atoms with Crippen molar-refractivity contribution in [2.24, 2.45) is 0 Å². The van der Waals surface area contributed by atoms with Crippen molar-refractivity contribution in [2.75, 3.05) is 0 Å².